The molecule has 0 saturated heterocycles. The fraction of sp³-hybridized carbons (Fsp3) is 0.714. The number of fused-ring (bicyclic) bond motifs is 12. The molecule has 0 spiro atoms. The van der Waals surface area contributed by atoms with Crippen LogP contribution in [-0.4, -0.2) is 58.3 Å². The summed E-state index contributed by atoms with van der Waals surface area (Å²) in [4.78, 5) is 26.1. The number of carbonyl (C=O) groups excluding carboxylic acids is 2. The van der Waals surface area contributed by atoms with Crippen LogP contribution in [0.15, 0.2) is 48.5 Å². The van der Waals surface area contributed by atoms with Crippen LogP contribution in [0.2, 0.25) is 10.3 Å². The van der Waals surface area contributed by atoms with Gasteiger partial charge in [-0.05, 0) is 224 Å². The SMILES string of the molecule is C[C@@]1(O)CC[C@H]2[C@H](CC[C@@H]3[C@@H]2CC[C@]2(C)[C@@H](C(=O)CBr)CC[C@@H]32)C1.C[C@@]1(O)CC[C@H]2[C@H](CC[C@@H]3[C@@H]2CC[C@]2(C)[C@@H](C(=O)Cn4nc(Cl)c5ccccc54)CC[C@@H]32)C1.Clc1[nH]nc2ccccc12. The van der Waals surface area contributed by atoms with Crippen molar-refractivity contribution in [3.63, 3.8) is 0 Å². The zero-order valence-electron chi connectivity index (χ0n) is 40.4. The summed E-state index contributed by atoms with van der Waals surface area (Å²) in [6.45, 7) is 9.27. The molecule has 0 amide bonds. The van der Waals surface area contributed by atoms with Crippen LogP contribution in [0, 0.1) is 81.8 Å². The normalized spacial score (nSPS) is 41.8. The number of nitrogens with one attached hydrogen (secondary N) is 1. The highest BCUT2D eigenvalue weighted by Crippen LogP contribution is 2.66. The Bertz CT molecular complexity index is 2450. The monoisotopic (exact) mass is 1020 g/mol. The molecule has 8 saturated carbocycles. The van der Waals surface area contributed by atoms with E-state index >= 15 is 0 Å². The van der Waals surface area contributed by atoms with Gasteiger partial charge in [0.25, 0.3) is 0 Å². The number of aromatic amines is 1. The zero-order chi connectivity index (χ0) is 47.0. The Kier molecular flexibility index (Phi) is 13.5. The van der Waals surface area contributed by atoms with Crippen LogP contribution in [0.3, 0.4) is 0 Å². The van der Waals surface area contributed by atoms with Crippen molar-refractivity contribution in [3.8, 4) is 0 Å². The molecule has 4 aromatic rings. The average molecular weight is 1020 g/mol. The lowest BCUT2D eigenvalue weighted by Gasteiger charge is -2.56. The van der Waals surface area contributed by atoms with E-state index in [0.717, 1.165) is 108 Å². The molecule has 0 unspecified atom stereocenters. The fourth-order valence-electron chi connectivity index (χ4n) is 17.7. The number of carbonyl (C=O) groups is 2. The number of benzene rings is 2. The third-order valence-electron chi connectivity index (χ3n) is 20.7. The third kappa shape index (κ3) is 8.94. The van der Waals surface area contributed by atoms with Gasteiger partial charge in [-0.1, -0.05) is 77.2 Å². The van der Waals surface area contributed by atoms with Crippen molar-refractivity contribution < 1.29 is 19.8 Å². The molecular formula is C56H75BrCl2N4O4. The molecule has 8 fully saturated rings. The first-order chi connectivity index (χ1) is 32.0. The summed E-state index contributed by atoms with van der Waals surface area (Å²) in [6.07, 6.45) is 21.2. The summed E-state index contributed by atoms with van der Waals surface area (Å²) in [5.74, 6) is 9.05. The van der Waals surface area contributed by atoms with E-state index in [1.54, 1.807) is 0 Å². The second kappa shape index (κ2) is 18.7. The predicted molar refractivity (Wildman–Crippen MR) is 272 cm³/mol. The Balaban J connectivity index is 0.000000134. The van der Waals surface area contributed by atoms with Gasteiger partial charge in [0, 0.05) is 22.6 Å². The Hall–Kier alpha value is -2.30. The van der Waals surface area contributed by atoms with Crippen LogP contribution in [0.25, 0.3) is 21.8 Å². The molecule has 0 radical (unpaired) electrons. The molecule has 3 N–H and O–H groups in total. The maximum absolute atomic E-state index is 13.7. The first-order valence-electron chi connectivity index (χ1n) is 26.3. The number of ketones is 2. The van der Waals surface area contributed by atoms with E-state index in [-0.39, 0.29) is 16.7 Å². The molecule has 0 bridgehead atoms. The van der Waals surface area contributed by atoms with E-state index in [4.69, 9.17) is 23.2 Å². The van der Waals surface area contributed by atoms with Gasteiger partial charge in [-0.3, -0.25) is 19.4 Å². The van der Waals surface area contributed by atoms with Crippen LogP contribution < -0.4 is 0 Å². The zero-order valence-corrected chi connectivity index (χ0v) is 43.5. The number of hydrogen-bond donors (Lipinski definition) is 3. The predicted octanol–water partition coefficient (Wildman–Crippen LogP) is 13.5. The van der Waals surface area contributed by atoms with E-state index < -0.39 is 11.2 Å². The third-order valence-corrected chi connectivity index (χ3v) is 21.8. The summed E-state index contributed by atoms with van der Waals surface area (Å²) in [5, 5.41) is 35.8. The lowest BCUT2D eigenvalue weighted by Crippen LogP contribution is -2.51. The van der Waals surface area contributed by atoms with Gasteiger partial charge in [0.05, 0.1) is 27.6 Å². The van der Waals surface area contributed by atoms with Gasteiger partial charge in [0.1, 0.15) is 17.5 Å². The van der Waals surface area contributed by atoms with E-state index in [1.165, 1.54) is 77.0 Å². The number of halogens is 3. The number of Topliss-reactive ketones (excluding diaryl/α,β-unsaturated/α-hetero) is 2. The number of rotatable bonds is 5. The van der Waals surface area contributed by atoms with E-state index in [0.29, 0.717) is 51.5 Å². The van der Waals surface area contributed by atoms with Gasteiger partial charge in [0.2, 0.25) is 0 Å². The molecule has 2 aromatic carbocycles. The fourth-order valence-corrected chi connectivity index (χ4v) is 18.5. The Morgan fingerprint density at radius 2 is 1.15 bits per heavy atom. The molecule has 364 valence electrons. The van der Waals surface area contributed by atoms with E-state index in [1.807, 2.05) is 67.1 Å². The molecule has 8 aliphatic carbocycles. The maximum atomic E-state index is 13.7. The second-order valence-corrected chi connectivity index (χ2v) is 25.6. The number of nitrogens with zero attached hydrogens (tertiary/aromatic N) is 3. The molecule has 8 nitrogen and oxygen atoms in total. The number of alkyl halides is 1. The molecule has 11 heteroatoms. The van der Waals surface area contributed by atoms with Crippen molar-refractivity contribution in [1.82, 2.24) is 20.0 Å². The van der Waals surface area contributed by atoms with Gasteiger partial charge < -0.3 is 10.2 Å². The van der Waals surface area contributed by atoms with Crippen molar-refractivity contribution >= 4 is 72.5 Å². The minimum Gasteiger partial charge on any atom is -0.390 e. The van der Waals surface area contributed by atoms with Crippen molar-refractivity contribution in [2.45, 2.75) is 161 Å². The largest absolute Gasteiger partial charge is 0.390 e. The standard InChI is InChI=1S/C28H37ClN2O2.C21H33BrO2.C7H5ClN2/c1-27(33)13-11-18-17(15-27)7-8-20-19(18)12-14-28(2)22(20)9-10-23(28)25(32)16-31-24-6-4-3-5-21(24)26(29)30-31;1-20(24)9-7-14-13(11-20)3-4-16-15(14)8-10-21(2)17(16)5-6-18(21)19(23)12-22;8-7-5-3-1-2-4-6(5)9-10-7/h3-6,17-20,22-23,33H,7-16H2,1-2H3;13-18,24H,3-12H2,1-2H3;1-4H,(H,9,10)/t17-,18+,19-,20-,22+,23-,27-,28+;13-,14+,15-,16-,17+,18-,20-,21+;/m11./s1. The highest BCUT2D eigenvalue weighted by atomic mass is 79.9. The first-order valence-corrected chi connectivity index (χ1v) is 28.1. The van der Waals surface area contributed by atoms with Crippen LogP contribution in [-0.2, 0) is 16.1 Å². The van der Waals surface area contributed by atoms with Gasteiger partial charge in [-0.2, -0.15) is 10.2 Å². The van der Waals surface area contributed by atoms with Crippen LogP contribution in [0.1, 0.15) is 143 Å². The molecule has 0 aliphatic heterocycles. The maximum Gasteiger partial charge on any atom is 0.158 e. The van der Waals surface area contributed by atoms with Gasteiger partial charge in [-0.25, -0.2) is 0 Å². The lowest BCUT2D eigenvalue weighted by molar-refractivity contribution is -0.133. The quantitative estimate of drug-likeness (QED) is 0.171. The average Bonchev–Trinajstić information content (AvgIpc) is 4.06. The minimum absolute atomic E-state index is 0.123. The van der Waals surface area contributed by atoms with Gasteiger partial charge >= 0.3 is 0 Å². The summed E-state index contributed by atoms with van der Waals surface area (Å²) >= 11 is 15.5. The number of aromatic nitrogens is 4. The van der Waals surface area contributed by atoms with Gasteiger partial charge in [-0.15, -0.1) is 0 Å². The molecule has 8 aliphatic rings. The smallest absolute Gasteiger partial charge is 0.158 e. The summed E-state index contributed by atoms with van der Waals surface area (Å²) in [5.41, 5.74) is 1.37. The van der Waals surface area contributed by atoms with Crippen LogP contribution in [0.5, 0.6) is 0 Å². The minimum atomic E-state index is -0.457. The summed E-state index contributed by atoms with van der Waals surface area (Å²) in [7, 11) is 0. The van der Waals surface area contributed by atoms with Crippen LogP contribution in [0.4, 0.5) is 0 Å². The van der Waals surface area contributed by atoms with E-state index in [2.05, 4.69) is 45.1 Å². The Morgan fingerprint density at radius 1 is 0.642 bits per heavy atom. The van der Waals surface area contributed by atoms with Crippen molar-refractivity contribution in [2.75, 3.05) is 5.33 Å². The highest BCUT2D eigenvalue weighted by molar-refractivity contribution is 9.09. The highest BCUT2D eigenvalue weighted by Gasteiger charge is 2.60. The lowest BCUT2D eigenvalue weighted by atomic mass is 9.49. The van der Waals surface area contributed by atoms with Gasteiger partial charge in [0.15, 0.2) is 10.9 Å². The van der Waals surface area contributed by atoms with E-state index in [9.17, 15) is 19.8 Å². The molecule has 12 rings (SSSR count). The molecule has 2 heterocycles. The second-order valence-electron chi connectivity index (χ2n) is 24.3. The Morgan fingerprint density at radius 3 is 1.70 bits per heavy atom. The van der Waals surface area contributed by atoms with Crippen molar-refractivity contribution in [2.24, 2.45) is 81.8 Å². The van der Waals surface area contributed by atoms with Crippen LogP contribution >= 0.6 is 39.1 Å². The number of para-hydroxylation sites is 2. The topological polar surface area (TPSA) is 121 Å². The summed E-state index contributed by atoms with van der Waals surface area (Å²) in [6, 6.07) is 15.6. The first kappa shape index (κ1) is 48.3. The molecule has 67 heavy (non-hydrogen) atoms. The number of aliphatic hydroxyl groups is 2. The molecule has 16 atom stereocenters. The molecular weight excluding hydrogens is 943 g/mol. The van der Waals surface area contributed by atoms with Crippen molar-refractivity contribution in [1.29, 1.82) is 0 Å². The molecule has 2 aromatic heterocycles. The van der Waals surface area contributed by atoms with Crippen molar-refractivity contribution in [3.05, 3.63) is 58.8 Å². The summed E-state index contributed by atoms with van der Waals surface area (Å²) < 4.78 is 1.82. The number of hydrogen-bond acceptors (Lipinski definition) is 6. The Labute approximate surface area is 417 Å². The number of H-pyrrole nitrogens is 1.